The summed E-state index contributed by atoms with van der Waals surface area (Å²) >= 11 is 3.14. The normalized spacial score (nSPS) is 9.30. The third kappa shape index (κ3) is 1.16. The van der Waals surface area contributed by atoms with Gasteiger partial charge in [-0.2, -0.15) is 0 Å². The Kier molecular flexibility index (Phi) is 2.01. The number of nitrogen functional groups attached to an aromatic ring is 1. The summed E-state index contributed by atoms with van der Waals surface area (Å²) in [7, 11) is 0. The molecule has 0 saturated heterocycles. The third-order valence-corrected chi connectivity index (χ3v) is 1.73. The van der Waals surface area contributed by atoms with Crippen LogP contribution in [-0.2, 0) is 0 Å². The number of nitrogens with two attached hydrogens (primary N) is 1. The van der Waals surface area contributed by atoms with Crippen LogP contribution in [0.2, 0.25) is 0 Å². The van der Waals surface area contributed by atoms with Crippen LogP contribution in [0.1, 0.15) is 10.4 Å². The Balaban J connectivity index is 3.27. The molecule has 0 radical (unpaired) electrons. The largest absolute Gasteiger partial charge is 0.397 e. The molecule has 1 aromatic rings. The van der Waals surface area contributed by atoms with Gasteiger partial charge in [0.05, 0.1) is 15.7 Å². The van der Waals surface area contributed by atoms with Crippen molar-refractivity contribution in [1.82, 2.24) is 4.98 Å². The standard InChI is InChI=1S/C6H5BrN2O/c7-5-2-9-1-4(3-10)6(5)8/h1-3H,(H2,8,9). The molecule has 1 aromatic heterocycles. The number of aromatic nitrogens is 1. The first-order valence-corrected chi connectivity index (χ1v) is 3.39. The van der Waals surface area contributed by atoms with Gasteiger partial charge < -0.3 is 5.73 Å². The highest BCUT2D eigenvalue weighted by Crippen LogP contribution is 2.19. The van der Waals surface area contributed by atoms with Crippen molar-refractivity contribution in [2.75, 3.05) is 5.73 Å². The maximum atomic E-state index is 10.2. The van der Waals surface area contributed by atoms with Gasteiger partial charge in [-0.25, -0.2) is 0 Å². The Bertz CT molecular complexity index is 262. The zero-order chi connectivity index (χ0) is 7.56. The first-order valence-electron chi connectivity index (χ1n) is 2.60. The molecule has 2 N–H and O–H groups in total. The van der Waals surface area contributed by atoms with Crippen LogP contribution >= 0.6 is 15.9 Å². The molecule has 0 aliphatic carbocycles. The fraction of sp³-hybridized carbons (Fsp3) is 0. The molecule has 1 rings (SSSR count). The van der Waals surface area contributed by atoms with Gasteiger partial charge in [-0.1, -0.05) is 0 Å². The lowest BCUT2D eigenvalue weighted by molar-refractivity contribution is 0.112. The van der Waals surface area contributed by atoms with Crippen molar-refractivity contribution in [3.05, 3.63) is 22.4 Å². The summed E-state index contributed by atoms with van der Waals surface area (Å²) in [5.41, 5.74) is 6.32. The molecule has 1 heterocycles. The van der Waals surface area contributed by atoms with Gasteiger partial charge >= 0.3 is 0 Å². The average molecular weight is 201 g/mol. The molecule has 0 atom stereocenters. The van der Waals surface area contributed by atoms with Gasteiger partial charge in [0.25, 0.3) is 0 Å². The van der Waals surface area contributed by atoms with Crippen molar-refractivity contribution in [1.29, 1.82) is 0 Å². The van der Waals surface area contributed by atoms with Crippen LogP contribution in [0.15, 0.2) is 16.9 Å². The monoisotopic (exact) mass is 200 g/mol. The van der Waals surface area contributed by atoms with E-state index in [2.05, 4.69) is 20.9 Å². The fourth-order valence-electron chi connectivity index (χ4n) is 0.554. The number of nitrogens with zero attached hydrogens (tertiary/aromatic N) is 1. The average Bonchev–Trinajstić information content (AvgIpc) is 1.95. The lowest BCUT2D eigenvalue weighted by atomic mass is 10.3. The topological polar surface area (TPSA) is 56.0 Å². The molecule has 0 aromatic carbocycles. The summed E-state index contributed by atoms with van der Waals surface area (Å²) < 4.78 is 0.650. The highest BCUT2D eigenvalue weighted by atomic mass is 79.9. The van der Waals surface area contributed by atoms with Crippen LogP contribution in [-0.4, -0.2) is 11.3 Å². The molecule has 0 unspecified atom stereocenters. The van der Waals surface area contributed by atoms with Crippen LogP contribution in [0.25, 0.3) is 0 Å². The summed E-state index contributed by atoms with van der Waals surface area (Å²) in [6.45, 7) is 0. The summed E-state index contributed by atoms with van der Waals surface area (Å²) in [6.07, 6.45) is 3.64. The molecule has 0 amide bonds. The van der Waals surface area contributed by atoms with Gasteiger partial charge in [-0.15, -0.1) is 0 Å². The van der Waals surface area contributed by atoms with E-state index in [4.69, 9.17) is 5.73 Å². The number of aldehydes is 1. The van der Waals surface area contributed by atoms with E-state index in [0.29, 0.717) is 22.0 Å². The van der Waals surface area contributed by atoms with Crippen molar-refractivity contribution in [3.8, 4) is 0 Å². The molecule has 4 heteroatoms. The van der Waals surface area contributed by atoms with Gasteiger partial charge in [0.1, 0.15) is 0 Å². The number of carbonyl (C=O) groups is 1. The maximum absolute atomic E-state index is 10.2. The number of halogens is 1. The van der Waals surface area contributed by atoms with Crippen molar-refractivity contribution in [2.45, 2.75) is 0 Å². The molecular formula is C6H5BrN2O. The van der Waals surface area contributed by atoms with E-state index in [1.54, 1.807) is 6.20 Å². The van der Waals surface area contributed by atoms with Crippen molar-refractivity contribution in [2.24, 2.45) is 0 Å². The van der Waals surface area contributed by atoms with Crippen molar-refractivity contribution < 1.29 is 4.79 Å². The lowest BCUT2D eigenvalue weighted by Gasteiger charge is -1.97. The summed E-state index contributed by atoms with van der Waals surface area (Å²) in [5.74, 6) is 0. The second-order valence-corrected chi connectivity index (χ2v) is 2.60. The second kappa shape index (κ2) is 2.79. The molecule has 0 fully saturated rings. The van der Waals surface area contributed by atoms with Crippen LogP contribution in [0.3, 0.4) is 0 Å². The van der Waals surface area contributed by atoms with Gasteiger partial charge in [0.15, 0.2) is 6.29 Å². The smallest absolute Gasteiger partial charge is 0.153 e. The zero-order valence-corrected chi connectivity index (χ0v) is 6.63. The number of rotatable bonds is 1. The maximum Gasteiger partial charge on any atom is 0.153 e. The molecule has 52 valence electrons. The summed E-state index contributed by atoms with van der Waals surface area (Å²) in [6, 6.07) is 0. The minimum Gasteiger partial charge on any atom is -0.397 e. The fourth-order valence-corrected chi connectivity index (χ4v) is 0.901. The number of hydrogen-bond acceptors (Lipinski definition) is 3. The number of carbonyl (C=O) groups excluding carboxylic acids is 1. The number of pyridine rings is 1. The first kappa shape index (κ1) is 7.21. The Morgan fingerprint density at radius 2 is 2.30 bits per heavy atom. The Morgan fingerprint density at radius 3 is 2.80 bits per heavy atom. The van der Waals surface area contributed by atoms with Gasteiger partial charge in [-0.3, -0.25) is 9.78 Å². The minimum absolute atomic E-state index is 0.411. The highest BCUT2D eigenvalue weighted by molar-refractivity contribution is 9.10. The van der Waals surface area contributed by atoms with Gasteiger partial charge in [0.2, 0.25) is 0 Å². The van der Waals surface area contributed by atoms with E-state index in [-0.39, 0.29) is 0 Å². The van der Waals surface area contributed by atoms with E-state index in [9.17, 15) is 4.79 Å². The van der Waals surface area contributed by atoms with E-state index in [0.717, 1.165) is 0 Å². The number of anilines is 1. The van der Waals surface area contributed by atoms with Crippen molar-refractivity contribution >= 4 is 27.9 Å². The molecule has 0 spiro atoms. The summed E-state index contributed by atoms with van der Waals surface area (Å²) in [4.78, 5) is 14.0. The molecule has 10 heavy (non-hydrogen) atoms. The van der Waals surface area contributed by atoms with Crippen LogP contribution in [0.5, 0.6) is 0 Å². The number of hydrogen-bond donors (Lipinski definition) is 1. The molecular weight excluding hydrogens is 196 g/mol. The minimum atomic E-state index is 0.411. The van der Waals surface area contributed by atoms with Gasteiger partial charge in [0, 0.05) is 12.4 Å². The third-order valence-electron chi connectivity index (χ3n) is 1.10. The van der Waals surface area contributed by atoms with E-state index in [1.807, 2.05) is 0 Å². The van der Waals surface area contributed by atoms with Crippen LogP contribution in [0, 0.1) is 0 Å². The van der Waals surface area contributed by atoms with E-state index >= 15 is 0 Å². The van der Waals surface area contributed by atoms with Gasteiger partial charge in [-0.05, 0) is 15.9 Å². The quantitative estimate of drug-likeness (QED) is 0.695. The molecule has 0 bridgehead atoms. The van der Waals surface area contributed by atoms with Crippen LogP contribution in [0.4, 0.5) is 5.69 Å². The molecule has 0 aliphatic rings. The van der Waals surface area contributed by atoms with E-state index in [1.165, 1.54) is 6.20 Å². The van der Waals surface area contributed by atoms with Crippen molar-refractivity contribution in [3.63, 3.8) is 0 Å². The van der Waals surface area contributed by atoms with E-state index < -0.39 is 0 Å². The molecule has 0 saturated carbocycles. The predicted octanol–water partition coefficient (Wildman–Crippen LogP) is 1.24. The highest BCUT2D eigenvalue weighted by Gasteiger charge is 2.00. The SMILES string of the molecule is Nc1c(Br)cncc1C=O. The predicted molar refractivity (Wildman–Crippen MR) is 41.7 cm³/mol. The zero-order valence-electron chi connectivity index (χ0n) is 5.04. The Hall–Kier alpha value is -0.900. The Labute approximate surface area is 66.4 Å². The van der Waals surface area contributed by atoms with Crippen LogP contribution < -0.4 is 5.73 Å². The summed E-state index contributed by atoms with van der Waals surface area (Å²) in [5, 5.41) is 0. The first-order chi connectivity index (χ1) is 4.75. The Morgan fingerprint density at radius 1 is 1.60 bits per heavy atom. The molecule has 3 nitrogen and oxygen atoms in total. The lowest BCUT2D eigenvalue weighted by Crippen LogP contribution is -1.94. The molecule has 0 aliphatic heterocycles. The second-order valence-electron chi connectivity index (χ2n) is 1.74.